The lowest BCUT2D eigenvalue weighted by Gasteiger charge is -2.35. The highest BCUT2D eigenvalue weighted by molar-refractivity contribution is 5.98. The third-order valence-corrected chi connectivity index (χ3v) is 4.56. The largest absolute Gasteiger partial charge is 0.271 e. The highest BCUT2D eigenvalue weighted by Crippen LogP contribution is 2.49. The monoisotopic (exact) mass is 270 g/mol. The summed E-state index contributed by atoms with van der Waals surface area (Å²) in [5.74, 6) is 0.174. The Kier molecular flexibility index (Phi) is 3.23. The van der Waals surface area contributed by atoms with Crippen LogP contribution in [0.1, 0.15) is 32.6 Å². The summed E-state index contributed by atoms with van der Waals surface area (Å²) in [7, 11) is 0. The summed E-state index contributed by atoms with van der Waals surface area (Å²) in [6, 6.07) is 11.7. The molecule has 104 valence electrons. The number of amides is 1. The number of carbonyl (C=O) groups excluding carboxylic acids is 1. The van der Waals surface area contributed by atoms with Crippen LogP contribution < -0.4 is 5.06 Å². The first-order valence-electron chi connectivity index (χ1n) is 7.10. The summed E-state index contributed by atoms with van der Waals surface area (Å²) in [5, 5.41) is 10.4. The first-order valence-corrected chi connectivity index (χ1v) is 7.10. The lowest BCUT2D eigenvalue weighted by Crippen LogP contribution is -2.42. The van der Waals surface area contributed by atoms with Gasteiger partial charge in [0.15, 0.2) is 0 Å². The van der Waals surface area contributed by atoms with E-state index >= 15 is 0 Å². The molecule has 0 N–H and O–H groups in total. The summed E-state index contributed by atoms with van der Waals surface area (Å²) in [5.41, 5.74) is 0.277. The Hall–Kier alpha value is -1.86. The van der Waals surface area contributed by atoms with Crippen molar-refractivity contribution < 1.29 is 9.63 Å². The van der Waals surface area contributed by atoms with Gasteiger partial charge in [-0.25, -0.2) is 0 Å². The maximum absolute atomic E-state index is 12.7. The fourth-order valence-corrected chi connectivity index (χ4v) is 3.44. The zero-order valence-corrected chi connectivity index (χ0v) is 11.6. The molecule has 3 rings (SSSR count). The highest BCUT2D eigenvalue weighted by atomic mass is 16.7. The van der Waals surface area contributed by atoms with Crippen LogP contribution in [0.25, 0.3) is 0 Å². The minimum atomic E-state index is -0.490. The molecular weight excluding hydrogens is 252 g/mol. The number of para-hydroxylation sites is 1. The van der Waals surface area contributed by atoms with Crippen LogP contribution in [0.3, 0.4) is 0 Å². The molecule has 1 saturated heterocycles. The van der Waals surface area contributed by atoms with Gasteiger partial charge in [-0.15, -0.1) is 0 Å². The Morgan fingerprint density at radius 3 is 2.90 bits per heavy atom. The number of anilines is 1. The number of hydroxylamine groups is 1. The Labute approximate surface area is 118 Å². The van der Waals surface area contributed by atoms with E-state index in [0.717, 1.165) is 24.9 Å². The molecule has 3 atom stereocenters. The van der Waals surface area contributed by atoms with Crippen LogP contribution in [0.15, 0.2) is 30.3 Å². The van der Waals surface area contributed by atoms with Crippen molar-refractivity contribution >= 4 is 11.6 Å². The van der Waals surface area contributed by atoms with Crippen molar-refractivity contribution in [1.29, 1.82) is 5.26 Å². The quantitative estimate of drug-likeness (QED) is 0.830. The maximum atomic E-state index is 12.7. The molecule has 2 fully saturated rings. The van der Waals surface area contributed by atoms with Crippen LogP contribution in [-0.2, 0) is 9.63 Å². The first kappa shape index (κ1) is 13.1. The molecule has 2 unspecified atom stereocenters. The third kappa shape index (κ3) is 1.90. The van der Waals surface area contributed by atoms with Crippen LogP contribution in [0, 0.1) is 22.7 Å². The van der Waals surface area contributed by atoms with Crippen LogP contribution in [0.4, 0.5) is 5.69 Å². The van der Waals surface area contributed by atoms with Crippen LogP contribution in [0.2, 0.25) is 0 Å². The SMILES string of the molecule is C[C@@]12CCCC(CC#N)C1ON(c1ccccc1)C2=O. The normalized spacial score (nSPS) is 32.8. The second-order valence-electron chi connectivity index (χ2n) is 5.89. The van der Waals surface area contributed by atoms with Crippen molar-refractivity contribution in [3.63, 3.8) is 0 Å². The molecule has 1 amide bonds. The highest BCUT2D eigenvalue weighted by Gasteiger charge is 2.56. The maximum Gasteiger partial charge on any atom is 0.259 e. The van der Waals surface area contributed by atoms with Gasteiger partial charge in [0.1, 0.15) is 6.10 Å². The molecule has 1 heterocycles. The Morgan fingerprint density at radius 2 is 2.20 bits per heavy atom. The van der Waals surface area contributed by atoms with Crippen molar-refractivity contribution in [2.75, 3.05) is 5.06 Å². The molecular formula is C16H18N2O2. The van der Waals surface area contributed by atoms with Gasteiger partial charge in [0.05, 0.1) is 17.2 Å². The Morgan fingerprint density at radius 1 is 1.45 bits per heavy atom. The fourth-order valence-electron chi connectivity index (χ4n) is 3.44. The van der Waals surface area contributed by atoms with E-state index in [4.69, 9.17) is 10.1 Å². The molecule has 1 aliphatic heterocycles. The standard InChI is InChI=1S/C16H18N2O2/c1-16-10-5-6-12(9-11-17)14(16)20-18(15(16)19)13-7-3-2-4-8-13/h2-4,7-8,12,14H,5-6,9-10H2,1H3/t12?,14?,16-/m1/s1. The average molecular weight is 270 g/mol. The number of rotatable bonds is 2. The molecule has 2 aliphatic rings. The second kappa shape index (κ2) is 4.92. The van der Waals surface area contributed by atoms with Gasteiger partial charge < -0.3 is 0 Å². The number of hydrogen-bond acceptors (Lipinski definition) is 3. The summed E-state index contributed by atoms with van der Waals surface area (Å²) >= 11 is 0. The van der Waals surface area contributed by atoms with Gasteiger partial charge in [-0.2, -0.15) is 10.3 Å². The molecule has 0 radical (unpaired) electrons. The Bertz CT molecular complexity index is 551. The van der Waals surface area contributed by atoms with Gasteiger partial charge in [-0.05, 0) is 31.9 Å². The summed E-state index contributed by atoms with van der Waals surface area (Å²) in [6.45, 7) is 1.98. The van der Waals surface area contributed by atoms with Gasteiger partial charge in [-0.3, -0.25) is 9.63 Å². The van der Waals surface area contributed by atoms with Crippen molar-refractivity contribution in [2.24, 2.45) is 11.3 Å². The van der Waals surface area contributed by atoms with Crippen molar-refractivity contribution in [1.82, 2.24) is 0 Å². The van der Waals surface area contributed by atoms with E-state index < -0.39 is 5.41 Å². The van der Waals surface area contributed by atoms with E-state index in [1.807, 2.05) is 37.3 Å². The molecule has 1 aromatic rings. The van der Waals surface area contributed by atoms with Crippen molar-refractivity contribution in [2.45, 2.75) is 38.7 Å². The number of nitriles is 1. The number of hydrogen-bond donors (Lipinski definition) is 0. The van der Waals surface area contributed by atoms with Gasteiger partial charge in [0.25, 0.3) is 5.91 Å². The van der Waals surface area contributed by atoms with E-state index in [0.29, 0.717) is 6.42 Å². The Balaban J connectivity index is 1.92. The molecule has 1 aliphatic carbocycles. The minimum absolute atomic E-state index is 0.0244. The van der Waals surface area contributed by atoms with Crippen molar-refractivity contribution in [3.8, 4) is 6.07 Å². The smallest absolute Gasteiger partial charge is 0.259 e. The zero-order valence-electron chi connectivity index (χ0n) is 11.6. The summed E-state index contributed by atoms with van der Waals surface area (Å²) in [4.78, 5) is 18.7. The molecule has 1 aromatic carbocycles. The number of nitrogens with zero attached hydrogens (tertiary/aromatic N) is 2. The van der Waals surface area contributed by atoms with Crippen LogP contribution in [-0.4, -0.2) is 12.0 Å². The second-order valence-corrected chi connectivity index (χ2v) is 5.89. The zero-order chi connectivity index (χ0) is 14.2. The lowest BCUT2D eigenvalue weighted by molar-refractivity contribution is -0.126. The first-order chi connectivity index (χ1) is 9.66. The fraction of sp³-hybridized carbons (Fsp3) is 0.500. The van der Waals surface area contributed by atoms with E-state index in [9.17, 15) is 4.79 Å². The molecule has 0 aromatic heterocycles. The van der Waals surface area contributed by atoms with E-state index in [1.54, 1.807) is 0 Å². The van der Waals surface area contributed by atoms with Gasteiger partial charge in [0, 0.05) is 12.3 Å². The third-order valence-electron chi connectivity index (χ3n) is 4.56. The minimum Gasteiger partial charge on any atom is -0.271 e. The molecule has 0 spiro atoms. The van der Waals surface area contributed by atoms with E-state index in [1.165, 1.54) is 5.06 Å². The number of benzene rings is 1. The van der Waals surface area contributed by atoms with Gasteiger partial charge >= 0.3 is 0 Å². The van der Waals surface area contributed by atoms with Crippen molar-refractivity contribution in [3.05, 3.63) is 30.3 Å². The predicted molar refractivity (Wildman–Crippen MR) is 74.5 cm³/mol. The van der Waals surface area contributed by atoms with Crippen LogP contribution in [0.5, 0.6) is 0 Å². The van der Waals surface area contributed by atoms with Gasteiger partial charge in [-0.1, -0.05) is 24.6 Å². The number of carbonyl (C=O) groups is 1. The van der Waals surface area contributed by atoms with Gasteiger partial charge in [0.2, 0.25) is 0 Å². The number of fused-ring (bicyclic) bond motifs is 1. The summed E-state index contributed by atoms with van der Waals surface area (Å²) < 4.78 is 0. The molecule has 20 heavy (non-hydrogen) atoms. The molecule has 4 nitrogen and oxygen atoms in total. The predicted octanol–water partition coefficient (Wildman–Crippen LogP) is 3.05. The average Bonchev–Trinajstić information content (AvgIpc) is 2.74. The molecule has 4 heteroatoms. The van der Waals surface area contributed by atoms with Crippen LogP contribution >= 0.6 is 0 Å². The summed E-state index contributed by atoms with van der Waals surface area (Å²) in [6.07, 6.45) is 3.06. The molecule has 0 bridgehead atoms. The molecule has 1 saturated carbocycles. The lowest BCUT2D eigenvalue weighted by atomic mass is 9.68. The van der Waals surface area contributed by atoms with E-state index in [2.05, 4.69) is 6.07 Å². The van der Waals surface area contributed by atoms with E-state index in [-0.39, 0.29) is 17.9 Å². The topological polar surface area (TPSA) is 53.3 Å².